The van der Waals surface area contributed by atoms with Crippen molar-refractivity contribution in [1.82, 2.24) is 15.2 Å². The number of nitrogens with one attached hydrogen (secondary N) is 1. The topological polar surface area (TPSA) is 74.2 Å². The molecule has 0 radical (unpaired) electrons. The number of likely N-dealkylation sites (N-methyl/N-ethyl adjacent to an activating group) is 1. The molecule has 2 heterocycles. The van der Waals surface area contributed by atoms with Gasteiger partial charge in [0.15, 0.2) is 0 Å². The van der Waals surface area contributed by atoms with Gasteiger partial charge in [-0.3, -0.25) is 4.79 Å². The first kappa shape index (κ1) is 12.7. The predicted molar refractivity (Wildman–Crippen MR) is 64.7 cm³/mol. The fraction of sp³-hybridized carbons (Fsp3) is 0.727. The first-order chi connectivity index (χ1) is 8.56. The van der Waals surface area contributed by atoms with Gasteiger partial charge in [0.25, 0.3) is 0 Å². The molecule has 1 N–H and O–H groups in total. The summed E-state index contributed by atoms with van der Waals surface area (Å²) in [6.07, 6.45) is 0.361. The highest BCUT2D eigenvalue weighted by molar-refractivity contribution is 6.00. The number of esters is 1. The lowest BCUT2D eigenvalue weighted by Gasteiger charge is -2.24. The van der Waals surface area contributed by atoms with Crippen LogP contribution in [0.3, 0.4) is 0 Å². The SMILES string of the molecule is CCC(=O)OC1C(C)N(C)C(=O)N1C1=NNCC1. The zero-order valence-electron chi connectivity index (χ0n) is 10.8. The fourth-order valence-electron chi connectivity index (χ4n) is 2.03. The maximum atomic E-state index is 12.1. The van der Waals surface area contributed by atoms with E-state index in [9.17, 15) is 9.59 Å². The lowest BCUT2D eigenvalue weighted by Crippen LogP contribution is -2.43. The molecule has 0 aromatic heterocycles. The molecule has 2 atom stereocenters. The van der Waals surface area contributed by atoms with E-state index in [0.29, 0.717) is 25.2 Å². The van der Waals surface area contributed by atoms with Crippen LogP contribution in [0.1, 0.15) is 26.7 Å². The number of carbonyl (C=O) groups excluding carboxylic acids is 2. The number of urea groups is 1. The third kappa shape index (κ3) is 2.00. The van der Waals surface area contributed by atoms with E-state index < -0.39 is 6.23 Å². The molecule has 7 nitrogen and oxygen atoms in total. The van der Waals surface area contributed by atoms with Crippen LogP contribution in [0.2, 0.25) is 0 Å². The molecule has 0 aliphatic carbocycles. The van der Waals surface area contributed by atoms with Gasteiger partial charge in [-0.25, -0.2) is 9.69 Å². The van der Waals surface area contributed by atoms with Gasteiger partial charge in [-0.15, -0.1) is 0 Å². The monoisotopic (exact) mass is 254 g/mol. The molecule has 2 aliphatic heterocycles. The number of rotatable bonds is 2. The number of hydrogen-bond donors (Lipinski definition) is 1. The molecule has 2 unspecified atom stereocenters. The number of ether oxygens (including phenoxy) is 1. The quantitative estimate of drug-likeness (QED) is 0.721. The molecule has 2 amide bonds. The van der Waals surface area contributed by atoms with E-state index in [4.69, 9.17) is 4.74 Å². The molecule has 2 rings (SSSR count). The Bertz CT molecular complexity index is 396. The Labute approximate surface area is 106 Å². The lowest BCUT2D eigenvalue weighted by atomic mass is 10.2. The van der Waals surface area contributed by atoms with Crippen molar-refractivity contribution in [3.63, 3.8) is 0 Å². The molecular formula is C11H18N4O3. The molecule has 1 fully saturated rings. The molecule has 0 aromatic carbocycles. The van der Waals surface area contributed by atoms with Crippen molar-refractivity contribution in [2.45, 2.75) is 39.0 Å². The Kier molecular flexibility index (Phi) is 3.40. The van der Waals surface area contributed by atoms with Gasteiger partial charge in [0.2, 0.25) is 6.23 Å². The summed E-state index contributed by atoms with van der Waals surface area (Å²) in [7, 11) is 1.70. The Morgan fingerprint density at radius 2 is 2.33 bits per heavy atom. The molecule has 0 saturated carbocycles. The number of hydrogen-bond acceptors (Lipinski definition) is 5. The Hall–Kier alpha value is -1.79. The van der Waals surface area contributed by atoms with Gasteiger partial charge < -0.3 is 15.1 Å². The van der Waals surface area contributed by atoms with Crippen molar-refractivity contribution in [3.8, 4) is 0 Å². The van der Waals surface area contributed by atoms with Gasteiger partial charge >= 0.3 is 12.0 Å². The average molecular weight is 254 g/mol. The molecule has 0 spiro atoms. The maximum absolute atomic E-state index is 12.1. The van der Waals surface area contributed by atoms with Gasteiger partial charge in [0.1, 0.15) is 5.84 Å². The average Bonchev–Trinajstić information content (AvgIpc) is 2.94. The number of nitrogens with zero attached hydrogens (tertiary/aromatic N) is 3. The molecule has 2 aliphatic rings. The zero-order valence-corrected chi connectivity index (χ0v) is 10.8. The Balaban J connectivity index is 2.22. The van der Waals surface area contributed by atoms with Gasteiger partial charge in [-0.05, 0) is 6.92 Å². The number of hydrazone groups is 1. The van der Waals surface area contributed by atoms with Gasteiger partial charge in [-0.2, -0.15) is 5.10 Å². The van der Waals surface area contributed by atoms with Crippen LogP contribution in [0.4, 0.5) is 4.79 Å². The van der Waals surface area contributed by atoms with Gasteiger partial charge in [0.05, 0.1) is 6.04 Å². The third-order valence-corrected chi connectivity index (χ3v) is 3.27. The smallest absolute Gasteiger partial charge is 0.328 e. The largest absolute Gasteiger partial charge is 0.439 e. The van der Waals surface area contributed by atoms with E-state index in [1.807, 2.05) is 6.92 Å². The van der Waals surface area contributed by atoms with Crippen LogP contribution in [0, 0.1) is 0 Å². The summed E-state index contributed by atoms with van der Waals surface area (Å²) in [6.45, 7) is 4.28. The van der Waals surface area contributed by atoms with Crippen LogP contribution in [-0.4, -0.2) is 53.5 Å². The molecular weight excluding hydrogens is 236 g/mol. The van der Waals surface area contributed by atoms with Crippen molar-refractivity contribution in [1.29, 1.82) is 0 Å². The van der Waals surface area contributed by atoms with Gasteiger partial charge in [0, 0.05) is 26.4 Å². The highest BCUT2D eigenvalue weighted by Crippen LogP contribution is 2.24. The minimum Gasteiger partial charge on any atom is -0.439 e. The summed E-state index contributed by atoms with van der Waals surface area (Å²) in [5.74, 6) is 0.316. The highest BCUT2D eigenvalue weighted by atomic mass is 16.6. The van der Waals surface area contributed by atoms with Crippen molar-refractivity contribution in [2.75, 3.05) is 13.6 Å². The van der Waals surface area contributed by atoms with Gasteiger partial charge in [-0.1, -0.05) is 6.92 Å². The van der Waals surface area contributed by atoms with E-state index >= 15 is 0 Å². The van der Waals surface area contributed by atoms with Crippen LogP contribution < -0.4 is 5.43 Å². The summed E-state index contributed by atoms with van der Waals surface area (Å²) in [6, 6.07) is -0.366. The number of amides is 2. The summed E-state index contributed by atoms with van der Waals surface area (Å²) in [5.41, 5.74) is 2.82. The molecule has 1 saturated heterocycles. The molecule has 0 aromatic rings. The van der Waals surface area contributed by atoms with Crippen LogP contribution in [0.5, 0.6) is 0 Å². The van der Waals surface area contributed by atoms with Crippen molar-refractivity contribution in [3.05, 3.63) is 0 Å². The number of carbonyl (C=O) groups is 2. The van der Waals surface area contributed by atoms with E-state index in [0.717, 1.165) is 0 Å². The first-order valence-electron chi connectivity index (χ1n) is 6.11. The van der Waals surface area contributed by atoms with Crippen LogP contribution in [0.25, 0.3) is 0 Å². The second kappa shape index (κ2) is 4.83. The second-order valence-corrected chi connectivity index (χ2v) is 4.42. The third-order valence-electron chi connectivity index (χ3n) is 3.27. The van der Waals surface area contributed by atoms with E-state index in [2.05, 4.69) is 10.5 Å². The summed E-state index contributed by atoms with van der Waals surface area (Å²) >= 11 is 0. The first-order valence-corrected chi connectivity index (χ1v) is 6.11. The molecule has 100 valence electrons. The van der Waals surface area contributed by atoms with E-state index in [1.165, 1.54) is 4.90 Å². The normalized spacial score (nSPS) is 27.3. The number of amidine groups is 1. The second-order valence-electron chi connectivity index (χ2n) is 4.42. The molecule has 7 heteroatoms. The maximum Gasteiger partial charge on any atom is 0.328 e. The Morgan fingerprint density at radius 3 is 2.89 bits per heavy atom. The lowest BCUT2D eigenvalue weighted by molar-refractivity contribution is -0.153. The van der Waals surface area contributed by atoms with E-state index in [1.54, 1.807) is 18.9 Å². The molecule has 0 bridgehead atoms. The minimum absolute atomic E-state index is 0.182. The van der Waals surface area contributed by atoms with Crippen LogP contribution in [-0.2, 0) is 9.53 Å². The highest BCUT2D eigenvalue weighted by Gasteiger charge is 2.46. The van der Waals surface area contributed by atoms with Crippen LogP contribution >= 0.6 is 0 Å². The zero-order chi connectivity index (χ0) is 13.3. The van der Waals surface area contributed by atoms with Crippen LogP contribution in [0.15, 0.2) is 5.10 Å². The molecule has 18 heavy (non-hydrogen) atoms. The summed E-state index contributed by atoms with van der Waals surface area (Å²) in [5, 5.41) is 4.07. The predicted octanol–water partition coefficient (Wildman–Crippen LogP) is 0.328. The summed E-state index contributed by atoms with van der Waals surface area (Å²) < 4.78 is 5.35. The minimum atomic E-state index is -0.589. The fourth-order valence-corrected chi connectivity index (χ4v) is 2.03. The standard InChI is InChI=1S/C11H18N4O3/c1-4-9(16)18-10-7(2)14(3)11(17)15(10)8-5-6-12-13-8/h7,10,12H,4-6H2,1-3H3. The van der Waals surface area contributed by atoms with E-state index in [-0.39, 0.29) is 18.0 Å². The van der Waals surface area contributed by atoms with Crippen molar-refractivity contribution < 1.29 is 14.3 Å². The van der Waals surface area contributed by atoms with Crippen molar-refractivity contribution in [2.24, 2.45) is 5.10 Å². The summed E-state index contributed by atoms with van der Waals surface area (Å²) in [4.78, 5) is 26.6. The Morgan fingerprint density at radius 1 is 1.61 bits per heavy atom. The van der Waals surface area contributed by atoms with Crippen molar-refractivity contribution >= 4 is 17.8 Å².